The van der Waals surface area contributed by atoms with Crippen molar-refractivity contribution in [1.82, 2.24) is 0 Å². The monoisotopic (exact) mass is 498 g/mol. The van der Waals surface area contributed by atoms with Crippen LogP contribution in [0.1, 0.15) is 34.5 Å². The van der Waals surface area contributed by atoms with Crippen LogP contribution in [0.5, 0.6) is 0 Å². The van der Waals surface area contributed by atoms with Crippen molar-refractivity contribution in [3.8, 4) is 0 Å². The van der Waals surface area contributed by atoms with Crippen LogP contribution in [-0.4, -0.2) is 0 Å². The number of benzene rings is 2. The van der Waals surface area contributed by atoms with E-state index in [1.807, 2.05) is 0 Å². The number of ether oxygens (including phenoxy) is 2. The standard InChI is InChI=1S/C22H12Br2O2S/c23-17-3-1-13-15(9-11-5-7-25-19(11)13)21(17)27-22-16-10-12-6-8-26-20(12)14(16)2-4-18(22)24/h1-10,19-20H. The fourth-order valence-electron chi connectivity index (χ4n) is 4.05. The van der Waals surface area contributed by atoms with Gasteiger partial charge in [-0.1, -0.05) is 23.9 Å². The average Bonchev–Trinajstić information content (AvgIpc) is 3.39. The van der Waals surface area contributed by atoms with E-state index in [9.17, 15) is 0 Å². The first-order valence-corrected chi connectivity index (χ1v) is 11.0. The van der Waals surface area contributed by atoms with Crippen LogP contribution < -0.4 is 0 Å². The summed E-state index contributed by atoms with van der Waals surface area (Å²) in [5.41, 5.74) is 7.38. The average molecular weight is 500 g/mol. The number of rotatable bonds is 2. The van der Waals surface area contributed by atoms with Gasteiger partial charge in [0, 0.05) is 41.0 Å². The molecular formula is C22H12Br2O2S. The predicted octanol–water partition coefficient (Wildman–Crippen LogP) is 7.33. The fourth-order valence-corrected chi connectivity index (χ4v) is 6.34. The van der Waals surface area contributed by atoms with Crippen molar-refractivity contribution < 1.29 is 9.47 Å². The van der Waals surface area contributed by atoms with E-state index in [0.717, 1.165) is 8.95 Å². The Bertz CT molecular complexity index is 1050. The molecule has 0 spiro atoms. The highest BCUT2D eigenvalue weighted by Crippen LogP contribution is 2.52. The Balaban J connectivity index is 1.50. The molecule has 2 atom stereocenters. The van der Waals surface area contributed by atoms with Gasteiger partial charge in [0.2, 0.25) is 0 Å². The first kappa shape index (κ1) is 16.3. The van der Waals surface area contributed by atoms with Crippen molar-refractivity contribution in [2.45, 2.75) is 22.0 Å². The van der Waals surface area contributed by atoms with E-state index in [0.29, 0.717) is 0 Å². The maximum Gasteiger partial charge on any atom is 0.149 e. The topological polar surface area (TPSA) is 18.5 Å². The predicted molar refractivity (Wildman–Crippen MR) is 114 cm³/mol. The van der Waals surface area contributed by atoms with E-state index in [1.54, 1.807) is 24.3 Å². The molecule has 132 valence electrons. The smallest absolute Gasteiger partial charge is 0.149 e. The Kier molecular flexibility index (Phi) is 3.56. The highest BCUT2D eigenvalue weighted by atomic mass is 79.9. The molecule has 0 fully saturated rings. The van der Waals surface area contributed by atoms with Gasteiger partial charge in [0.05, 0.1) is 12.5 Å². The Morgan fingerprint density at radius 3 is 1.67 bits per heavy atom. The zero-order valence-electron chi connectivity index (χ0n) is 13.9. The van der Waals surface area contributed by atoms with E-state index in [-0.39, 0.29) is 12.2 Å². The van der Waals surface area contributed by atoms with Gasteiger partial charge < -0.3 is 9.47 Å². The highest BCUT2D eigenvalue weighted by molar-refractivity contribution is 9.11. The summed E-state index contributed by atoms with van der Waals surface area (Å²) in [4.78, 5) is 2.43. The normalized spacial score (nSPS) is 22.6. The van der Waals surface area contributed by atoms with Crippen LogP contribution in [0.15, 0.2) is 78.8 Å². The largest absolute Gasteiger partial charge is 0.489 e. The van der Waals surface area contributed by atoms with Gasteiger partial charge in [-0.15, -0.1) is 0 Å². The second kappa shape index (κ2) is 5.90. The maximum atomic E-state index is 5.78. The number of hydrogen-bond donors (Lipinski definition) is 0. The van der Waals surface area contributed by atoms with Crippen molar-refractivity contribution in [3.05, 3.63) is 91.3 Å². The van der Waals surface area contributed by atoms with Crippen molar-refractivity contribution in [1.29, 1.82) is 0 Å². The second-order valence-electron chi connectivity index (χ2n) is 6.79. The lowest BCUT2D eigenvalue weighted by molar-refractivity contribution is 0.203. The third kappa shape index (κ3) is 2.31. The van der Waals surface area contributed by atoms with E-state index >= 15 is 0 Å². The van der Waals surface area contributed by atoms with E-state index in [4.69, 9.17) is 9.47 Å². The lowest BCUT2D eigenvalue weighted by atomic mass is 10.1. The van der Waals surface area contributed by atoms with Gasteiger partial charge in [-0.2, -0.15) is 0 Å². The summed E-state index contributed by atoms with van der Waals surface area (Å²) < 4.78 is 13.8. The molecule has 0 aromatic heterocycles. The molecule has 0 bridgehead atoms. The number of halogens is 2. The summed E-state index contributed by atoms with van der Waals surface area (Å²) in [5, 5.41) is 0. The zero-order valence-corrected chi connectivity index (χ0v) is 17.9. The molecule has 0 saturated heterocycles. The third-order valence-electron chi connectivity index (χ3n) is 5.31. The molecule has 2 unspecified atom stereocenters. The molecule has 2 nitrogen and oxygen atoms in total. The van der Waals surface area contributed by atoms with Gasteiger partial charge >= 0.3 is 0 Å². The summed E-state index contributed by atoms with van der Waals surface area (Å²) in [5.74, 6) is 0. The van der Waals surface area contributed by atoms with Gasteiger partial charge in [0.25, 0.3) is 0 Å². The summed E-state index contributed by atoms with van der Waals surface area (Å²) >= 11 is 9.32. The molecule has 2 aromatic rings. The Labute approximate surface area is 177 Å². The Morgan fingerprint density at radius 1 is 0.704 bits per heavy atom. The van der Waals surface area contributed by atoms with Crippen LogP contribution in [0.2, 0.25) is 0 Å². The van der Waals surface area contributed by atoms with Crippen LogP contribution in [-0.2, 0) is 9.47 Å². The van der Waals surface area contributed by atoms with Crippen molar-refractivity contribution >= 4 is 55.8 Å². The first-order valence-electron chi connectivity index (χ1n) is 8.60. The maximum absolute atomic E-state index is 5.78. The van der Waals surface area contributed by atoms with Gasteiger partial charge in [0.15, 0.2) is 0 Å². The zero-order chi connectivity index (χ0) is 18.1. The molecule has 0 N–H and O–H groups in total. The van der Waals surface area contributed by atoms with Gasteiger partial charge in [-0.05, 0) is 79.4 Å². The molecule has 4 aliphatic rings. The molecule has 2 heterocycles. The molecule has 2 aliphatic carbocycles. The molecule has 2 aliphatic heterocycles. The number of fused-ring (bicyclic) bond motifs is 6. The van der Waals surface area contributed by atoms with E-state index in [1.165, 1.54) is 43.2 Å². The van der Waals surface area contributed by atoms with Crippen LogP contribution in [0.3, 0.4) is 0 Å². The second-order valence-corrected chi connectivity index (χ2v) is 9.52. The van der Waals surface area contributed by atoms with E-state index in [2.05, 4.69) is 80.4 Å². The summed E-state index contributed by atoms with van der Waals surface area (Å²) in [7, 11) is 0. The molecule has 2 aromatic carbocycles. The quantitative estimate of drug-likeness (QED) is 0.431. The molecule has 0 radical (unpaired) electrons. The fraction of sp³-hybridized carbons (Fsp3) is 0.0909. The Hall–Kier alpha value is -1.69. The van der Waals surface area contributed by atoms with Crippen molar-refractivity contribution in [2.24, 2.45) is 0 Å². The molecule has 6 rings (SSSR count). The van der Waals surface area contributed by atoms with Gasteiger partial charge in [0.1, 0.15) is 12.2 Å². The minimum Gasteiger partial charge on any atom is -0.489 e. The van der Waals surface area contributed by atoms with Crippen LogP contribution in [0, 0.1) is 0 Å². The molecule has 0 saturated carbocycles. The van der Waals surface area contributed by atoms with Crippen molar-refractivity contribution in [3.63, 3.8) is 0 Å². The van der Waals surface area contributed by atoms with E-state index < -0.39 is 0 Å². The molecule has 27 heavy (non-hydrogen) atoms. The minimum absolute atomic E-state index is 0.0393. The van der Waals surface area contributed by atoms with Gasteiger partial charge in [-0.3, -0.25) is 0 Å². The Morgan fingerprint density at radius 2 is 1.19 bits per heavy atom. The number of hydrogen-bond acceptors (Lipinski definition) is 3. The third-order valence-corrected chi connectivity index (χ3v) is 8.44. The lowest BCUT2D eigenvalue weighted by Gasteiger charge is -2.16. The molecule has 0 amide bonds. The molecular weight excluding hydrogens is 488 g/mol. The summed E-state index contributed by atoms with van der Waals surface area (Å²) in [6, 6.07) is 8.55. The van der Waals surface area contributed by atoms with Gasteiger partial charge in [-0.25, -0.2) is 0 Å². The lowest BCUT2D eigenvalue weighted by Crippen LogP contribution is -1.97. The van der Waals surface area contributed by atoms with Crippen LogP contribution in [0.25, 0.3) is 12.2 Å². The molecule has 5 heteroatoms. The first-order chi connectivity index (χ1) is 13.2. The highest BCUT2D eigenvalue weighted by Gasteiger charge is 2.33. The van der Waals surface area contributed by atoms with Crippen LogP contribution in [0.4, 0.5) is 0 Å². The summed E-state index contributed by atoms with van der Waals surface area (Å²) in [6.45, 7) is 0. The summed E-state index contributed by atoms with van der Waals surface area (Å²) in [6.07, 6.45) is 12.2. The SMILES string of the molecule is Brc1ccc2c(c1Sc1c(Br)ccc3c1C=C1C=COC13)C=C1C=COC12. The van der Waals surface area contributed by atoms with Crippen LogP contribution >= 0.6 is 43.6 Å². The van der Waals surface area contributed by atoms with Crippen molar-refractivity contribution in [2.75, 3.05) is 0 Å². The minimum atomic E-state index is 0.0393.